The van der Waals surface area contributed by atoms with Gasteiger partial charge in [0.25, 0.3) is 5.91 Å². The minimum absolute atomic E-state index is 0.216. The standard InChI is InChI=1S/C24H24N4O6/c1-3-33-24(31)19-12-13-28(27-19)18-8-6-17(7-9-18)26-23(30)11-5-16-4-10-20(21(14-16)32-2)34-15-22(25)29/h4-14H,3,15H2,1-2H3,(H2,25,29)(H,26,30). The van der Waals surface area contributed by atoms with E-state index < -0.39 is 11.9 Å². The molecule has 10 nitrogen and oxygen atoms in total. The smallest absolute Gasteiger partial charge is 0.358 e. The zero-order valence-electron chi connectivity index (χ0n) is 18.7. The third-order valence-electron chi connectivity index (χ3n) is 4.46. The van der Waals surface area contributed by atoms with E-state index in [0.29, 0.717) is 22.7 Å². The van der Waals surface area contributed by atoms with E-state index in [1.807, 2.05) is 0 Å². The highest BCUT2D eigenvalue weighted by Crippen LogP contribution is 2.28. The van der Waals surface area contributed by atoms with Gasteiger partial charge in [0.1, 0.15) is 0 Å². The Morgan fingerprint density at radius 3 is 2.53 bits per heavy atom. The Bertz CT molecular complexity index is 1200. The topological polar surface area (TPSA) is 135 Å². The summed E-state index contributed by atoms with van der Waals surface area (Å²) in [7, 11) is 1.47. The van der Waals surface area contributed by atoms with Gasteiger partial charge >= 0.3 is 5.97 Å². The van der Waals surface area contributed by atoms with Crippen LogP contribution in [0.3, 0.4) is 0 Å². The molecule has 10 heteroatoms. The van der Waals surface area contributed by atoms with E-state index in [0.717, 1.165) is 5.69 Å². The van der Waals surface area contributed by atoms with E-state index in [9.17, 15) is 14.4 Å². The van der Waals surface area contributed by atoms with Gasteiger partial charge in [0.15, 0.2) is 23.8 Å². The molecule has 34 heavy (non-hydrogen) atoms. The van der Waals surface area contributed by atoms with Crippen LogP contribution in [0.4, 0.5) is 5.69 Å². The third kappa shape index (κ3) is 6.45. The molecule has 176 valence electrons. The summed E-state index contributed by atoms with van der Waals surface area (Å²) in [6.45, 7) is 1.74. The van der Waals surface area contributed by atoms with Crippen LogP contribution in [-0.2, 0) is 14.3 Å². The Morgan fingerprint density at radius 2 is 1.85 bits per heavy atom. The molecule has 0 fully saturated rings. The van der Waals surface area contributed by atoms with E-state index in [2.05, 4.69) is 10.4 Å². The highest BCUT2D eigenvalue weighted by molar-refractivity contribution is 6.02. The summed E-state index contributed by atoms with van der Waals surface area (Å²) in [6, 6.07) is 13.6. The fourth-order valence-electron chi connectivity index (χ4n) is 2.89. The highest BCUT2D eigenvalue weighted by Gasteiger charge is 2.11. The van der Waals surface area contributed by atoms with Crippen LogP contribution in [0.5, 0.6) is 11.5 Å². The van der Waals surface area contributed by atoms with Gasteiger partial charge in [0, 0.05) is 18.0 Å². The van der Waals surface area contributed by atoms with Gasteiger partial charge in [-0.3, -0.25) is 9.59 Å². The van der Waals surface area contributed by atoms with Crippen LogP contribution in [-0.4, -0.2) is 47.9 Å². The first-order chi connectivity index (χ1) is 16.4. The van der Waals surface area contributed by atoms with E-state index in [-0.39, 0.29) is 24.8 Å². The molecule has 2 amide bonds. The van der Waals surface area contributed by atoms with Crippen molar-refractivity contribution in [3.8, 4) is 17.2 Å². The average Bonchev–Trinajstić information content (AvgIpc) is 3.33. The number of benzene rings is 2. The minimum Gasteiger partial charge on any atom is -0.493 e. The lowest BCUT2D eigenvalue weighted by Gasteiger charge is -2.10. The molecule has 0 aliphatic heterocycles. The lowest BCUT2D eigenvalue weighted by Crippen LogP contribution is -2.20. The number of hydrogen-bond donors (Lipinski definition) is 2. The maximum Gasteiger partial charge on any atom is 0.358 e. The number of nitrogens with two attached hydrogens (primary N) is 1. The summed E-state index contributed by atoms with van der Waals surface area (Å²) < 4.78 is 17.0. The van der Waals surface area contributed by atoms with Gasteiger partial charge in [-0.2, -0.15) is 5.10 Å². The first-order valence-electron chi connectivity index (χ1n) is 10.3. The van der Waals surface area contributed by atoms with Crippen LogP contribution < -0.4 is 20.5 Å². The molecule has 0 saturated heterocycles. The van der Waals surface area contributed by atoms with Gasteiger partial charge < -0.3 is 25.3 Å². The summed E-state index contributed by atoms with van der Waals surface area (Å²) in [4.78, 5) is 34.9. The number of anilines is 1. The highest BCUT2D eigenvalue weighted by atomic mass is 16.5. The molecule has 0 saturated carbocycles. The van der Waals surface area contributed by atoms with Crippen molar-refractivity contribution in [3.63, 3.8) is 0 Å². The maximum atomic E-state index is 12.3. The molecule has 0 bridgehead atoms. The number of hydrogen-bond acceptors (Lipinski definition) is 7. The van der Waals surface area contributed by atoms with Crippen molar-refractivity contribution in [2.45, 2.75) is 6.92 Å². The molecule has 0 radical (unpaired) electrons. The molecule has 0 aliphatic rings. The average molecular weight is 464 g/mol. The van der Waals surface area contributed by atoms with Crippen LogP contribution in [0, 0.1) is 0 Å². The fourth-order valence-corrected chi connectivity index (χ4v) is 2.89. The van der Waals surface area contributed by atoms with Gasteiger partial charge in [0.05, 0.1) is 19.4 Å². The SMILES string of the molecule is CCOC(=O)c1ccn(-c2ccc(NC(=O)C=Cc3ccc(OCC(N)=O)c(OC)c3)cc2)n1. The van der Waals surface area contributed by atoms with Crippen molar-refractivity contribution in [1.82, 2.24) is 9.78 Å². The number of carbonyl (C=O) groups excluding carboxylic acids is 3. The zero-order chi connectivity index (χ0) is 24.5. The zero-order valence-corrected chi connectivity index (χ0v) is 18.7. The Kier molecular flexibility index (Phi) is 8.01. The van der Waals surface area contributed by atoms with Crippen LogP contribution in [0.2, 0.25) is 0 Å². The lowest BCUT2D eigenvalue weighted by molar-refractivity contribution is -0.120. The monoisotopic (exact) mass is 464 g/mol. The third-order valence-corrected chi connectivity index (χ3v) is 4.46. The number of primary amides is 1. The molecule has 0 unspecified atom stereocenters. The van der Waals surface area contributed by atoms with Gasteiger partial charge in [-0.25, -0.2) is 9.48 Å². The molecule has 0 atom stereocenters. The Morgan fingerprint density at radius 1 is 1.09 bits per heavy atom. The van der Waals surface area contributed by atoms with E-state index >= 15 is 0 Å². The number of aromatic nitrogens is 2. The second-order valence-electron chi connectivity index (χ2n) is 6.90. The van der Waals surface area contributed by atoms with Crippen molar-refractivity contribution in [1.29, 1.82) is 0 Å². The summed E-state index contributed by atoms with van der Waals surface area (Å²) >= 11 is 0. The Labute approximate surface area is 195 Å². The van der Waals surface area contributed by atoms with Crippen LogP contribution in [0.15, 0.2) is 60.8 Å². The molecule has 1 heterocycles. The second-order valence-corrected chi connectivity index (χ2v) is 6.90. The molecule has 3 rings (SSSR count). The number of methoxy groups -OCH3 is 1. The largest absolute Gasteiger partial charge is 0.493 e. The predicted octanol–water partition coefficient (Wildman–Crippen LogP) is 2.57. The molecule has 2 aromatic carbocycles. The normalized spacial score (nSPS) is 10.6. The van der Waals surface area contributed by atoms with Crippen molar-refractivity contribution in [2.75, 3.05) is 25.6 Å². The Balaban J connectivity index is 1.61. The van der Waals surface area contributed by atoms with Gasteiger partial charge in [-0.15, -0.1) is 0 Å². The van der Waals surface area contributed by atoms with Gasteiger partial charge in [-0.1, -0.05) is 6.07 Å². The number of ether oxygens (including phenoxy) is 3. The molecular formula is C24H24N4O6. The van der Waals surface area contributed by atoms with Crippen molar-refractivity contribution in [2.24, 2.45) is 5.73 Å². The van der Waals surface area contributed by atoms with Gasteiger partial charge in [0.2, 0.25) is 5.91 Å². The molecule has 3 N–H and O–H groups in total. The molecule has 0 spiro atoms. The quantitative estimate of drug-likeness (QED) is 0.348. The number of rotatable bonds is 10. The lowest BCUT2D eigenvalue weighted by atomic mass is 10.2. The van der Waals surface area contributed by atoms with Crippen LogP contribution in [0.25, 0.3) is 11.8 Å². The first kappa shape index (κ1) is 24.1. The summed E-state index contributed by atoms with van der Waals surface area (Å²) in [5, 5.41) is 6.96. The van der Waals surface area contributed by atoms with Crippen molar-refractivity contribution >= 4 is 29.5 Å². The number of amides is 2. The van der Waals surface area contributed by atoms with Crippen LogP contribution in [0.1, 0.15) is 23.0 Å². The second kappa shape index (κ2) is 11.3. The predicted molar refractivity (Wildman–Crippen MR) is 125 cm³/mol. The Hall–Kier alpha value is -4.60. The molecular weight excluding hydrogens is 440 g/mol. The fraction of sp³-hybridized carbons (Fsp3) is 0.167. The molecule has 3 aromatic rings. The van der Waals surface area contributed by atoms with E-state index in [1.54, 1.807) is 72.4 Å². The number of esters is 1. The first-order valence-corrected chi connectivity index (χ1v) is 10.3. The number of nitrogens with one attached hydrogen (secondary N) is 1. The molecule has 1 aromatic heterocycles. The van der Waals surface area contributed by atoms with Crippen molar-refractivity contribution < 1.29 is 28.6 Å². The van der Waals surface area contributed by atoms with E-state index in [4.69, 9.17) is 19.9 Å². The molecule has 0 aliphatic carbocycles. The summed E-state index contributed by atoms with van der Waals surface area (Å²) in [5.41, 5.74) is 7.30. The maximum absolute atomic E-state index is 12.3. The van der Waals surface area contributed by atoms with E-state index in [1.165, 1.54) is 13.2 Å². The minimum atomic E-state index is -0.596. The summed E-state index contributed by atoms with van der Waals surface area (Å²) in [6.07, 6.45) is 4.65. The van der Waals surface area contributed by atoms with Crippen LogP contribution >= 0.6 is 0 Å². The number of nitrogens with zero attached hydrogens (tertiary/aromatic N) is 2. The summed E-state index contributed by atoms with van der Waals surface area (Å²) in [5.74, 6) is -0.632. The van der Waals surface area contributed by atoms with Gasteiger partial charge in [-0.05, 0) is 61.0 Å². The van der Waals surface area contributed by atoms with Crippen molar-refractivity contribution in [3.05, 3.63) is 72.1 Å². The number of carbonyl (C=O) groups is 3.